The second-order valence-electron chi connectivity index (χ2n) is 4.05. The molecule has 1 aromatic carbocycles. The minimum atomic E-state index is 0.268. The molecule has 20 heavy (non-hydrogen) atoms. The van der Waals surface area contributed by atoms with Gasteiger partial charge in [-0.1, -0.05) is 36.0 Å². The molecule has 1 aromatic heterocycles. The first-order chi connectivity index (χ1) is 9.61. The maximum atomic E-state index is 6.17. The molecule has 2 aromatic rings. The number of nitrogens with two attached hydrogens (primary N) is 1. The van der Waals surface area contributed by atoms with Crippen molar-refractivity contribution in [2.24, 2.45) is 5.73 Å². The van der Waals surface area contributed by atoms with Crippen LogP contribution in [0.5, 0.6) is 5.75 Å². The second-order valence-corrected chi connectivity index (χ2v) is 4.89. The van der Waals surface area contributed by atoms with Crippen LogP contribution in [-0.2, 0) is 6.54 Å². The number of anilines is 1. The van der Waals surface area contributed by atoms with Crippen molar-refractivity contribution < 1.29 is 4.74 Å². The van der Waals surface area contributed by atoms with Crippen molar-refractivity contribution in [3.63, 3.8) is 0 Å². The first-order valence-corrected chi connectivity index (χ1v) is 6.72. The van der Waals surface area contributed by atoms with E-state index in [0.717, 1.165) is 11.3 Å². The third kappa shape index (κ3) is 3.37. The van der Waals surface area contributed by atoms with E-state index in [4.69, 9.17) is 34.3 Å². The highest BCUT2D eigenvalue weighted by atomic mass is 35.5. The van der Waals surface area contributed by atoms with E-state index in [1.807, 2.05) is 30.3 Å². The summed E-state index contributed by atoms with van der Waals surface area (Å²) in [7, 11) is 1.61. The van der Waals surface area contributed by atoms with E-state index in [-0.39, 0.29) is 4.99 Å². The molecule has 0 fully saturated rings. The highest BCUT2D eigenvalue weighted by Crippen LogP contribution is 2.26. The molecule has 1 heterocycles. The van der Waals surface area contributed by atoms with Gasteiger partial charge in [0.2, 0.25) is 0 Å². The maximum absolute atomic E-state index is 6.17. The fraction of sp³-hybridized carbons (Fsp3) is 0.143. The molecular formula is C14H14ClN3OS. The van der Waals surface area contributed by atoms with Gasteiger partial charge in [0.25, 0.3) is 0 Å². The van der Waals surface area contributed by atoms with Gasteiger partial charge in [-0.15, -0.1) is 0 Å². The van der Waals surface area contributed by atoms with E-state index in [1.54, 1.807) is 13.2 Å². The summed E-state index contributed by atoms with van der Waals surface area (Å²) in [5.41, 5.74) is 7.01. The van der Waals surface area contributed by atoms with Crippen molar-refractivity contribution in [1.82, 2.24) is 4.98 Å². The Morgan fingerprint density at radius 2 is 2.10 bits per heavy atom. The Bertz CT molecular complexity index is 634. The number of aromatic nitrogens is 1. The summed E-state index contributed by atoms with van der Waals surface area (Å²) in [6.45, 7) is 0.497. The number of ether oxygens (including phenoxy) is 1. The quantitative estimate of drug-likeness (QED) is 0.832. The molecule has 0 aliphatic carbocycles. The third-order valence-corrected chi connectivity index (χ3v) is 3.31. The summed E-state index contributed by atoms with van der Waals surface area (Å²) in [6.07, 6.45) is 0. The van der Waals surface area contributed by atoms with Crippen molar-refractivity contribution in [2.75, 3.05) is 12.4 Å². The third-order valence-electron chi connectivity index (χ3n) is 2.74. The van der Waals surface area contributed by atoms with Crippen molar-refractivity contribution in [2.45, 2.75) is 6.54 Å². The van der Waals surface area contributed by atoms with Crippen LogP contribution in [-0.4, -0.2) is 17.1 Å². The maximum Gasteiger partial charge on any atom is 0.127 e. The Morgan fingerprint density at radius 1 is 1.35 bits per heavy atom. The number of nitrogens with one attached hydrogen (secondary N) is 1. The van der Waals surface area contributed by atoms with Crippen LogP contribution in [0.15, 0.2) is 36.4 Å². The topological polar surface area (TPSA) is 60.2 Å². The van der Waals surface area contributed by atoms with Gasteiger partial charge in [0.15, 0.2) is 0 Å². The highest BCUT2D eigenvalue weighted by Gasteiger charge is 2.08. The van der Waals surface area contributed by atoms with Crippen molar-refractivity contribution in [1.29, 1.82) is 0 Å². The molecule has 0 unspecified atom stereocenters. The number of pyridine rings is 1. The molecule has 0 saturated carbocycles. The van der Waals surface area contributed by atoms with Gasteiger partial charge in [0.1, 0.15) is 16.6 Å². The predicted octanol–water partition coefficient (Wildman–Crippen LogP) is 2.99. The zero-order valence-corrected chi connectivity index (χ0v) is 12.5. The first-order valence-electron chi connectivity index (χ1n) is 5.94. The average Bonchev–Trinajstić information content (AvgIpc) is 2.46. The lowest BCUT2D eigenvalue weighted by molar-refractivity contribution is 0.410. The van der Waals surface area contributed by atoms with Crippen molar-refractivity contribution in [3.05, 3.63) is 52.7 Å². The van der Waals surface area contributed by atoms with E-state index >= 15 is 0 Å². The molecule has 0 spiro atoms. The van der Waals surface area contributed by atoms with Gasteiger partial charge in [-0.2, -0.15) is 0 Å². The normalized spacial score (nSPS) is 10.1. The summed E-state index contributed by atoms with van der Waals surface area (Å²) in [6, 6.07) is 11.0. The van der Waals surface area contributed by atoms with Crippen LogP contribution in [0.1, 0.15) is 11.3 Å². The zero-order chi connectivity index (χ0) is 14.5. The minimum absolute atomic E-state index is 0.268. The Balaban J connectivity index is 2.17. The van der Waals surface area contributed by atoms with Gasteiger partial charge in [0, 0.05) is 17.1 Å². The molecule has 104 valence electrons. The smallest absolute Gasteiger partial charge is 0.127 e. The molecule has 0 atom stereocenters. The Labute approximate surface area is 127 Å². The molecule has 6 heteroatoms. The molecule has 0 bridgehead atoms. The van der Waals surface area contributed by atoms with Crippen LogP contribution in [0.4, 0.5) is 5.82 Å². The van der Waals surface area contributed by atoms with Crippen LogP contribution < -0.4 is 15.8 Å². The number of hydrogen-bond acceptors (Lipinski definition) is 4. The summed E-state index contributed by atoms with van der Waals surface area (Å²) < 4.78 is 5.29. The molecule has 0 radical (unpaired) electrons. The molecule has 2 rings (SSSR count). The number of methoxy groups -OCH3 is 1. The molecular weight excluding hydrogens is 294 g/mol. The van der Waals surface area contributed by atoms with Gasteiger partial charge in [-0.3, -0.25) is 0 Å². The fourth-order valence-electron chi connectivity index (χ4n) is 1.75. The van der Waals surface area contributed by atoms with Gasteiger partial charge in [-0.25, -0.2) is 4.98 Å². The van der Waals surface area contributed by atoms with E-state index in [0.29, 0.717) is 23.1 Å². The van der Waals surface area contributed by atoms with Gasteiger partial charge in [0.05, 0.1) is 12.8 Å². The monoisotopic (exact) mass is 307 g/mol. The van der Waals surface area contributed by atoms with Crippen LogP contribution in [0.3, 0.4) is 0 Å². The standard InChI is InChI=1S/C14H14ClN3OS/c1-19-12-6-2-4-10(15)9(12)8-17-13-7-3-5-11(18-13)14(16)20/h2-7H,8H2,1H3,(H2,16,20)(H,17,18). The highest BCUT2D eigenvalue weighted by molar-refractivity contribution is 7.80. The Kier molecular flexibility index (Phi) is 4.76. The van der Waals surface area contributed by atoms with E-state index in [2.05, 4.69) is 10.3 Å². The average molecular weight is 308 g/mol. The molecule has 4 nitrogen and oxygen atoms in total. The minimum Gasteiger partial charge on any atom is -0.496 e. The van der Waals surface area contributed by atoms with Gasteiger partial charge >= 0.3 is 0 Å². The molecule has 0 aliphatic heterocycles. The van der Waals surface area contributed by atoms with Crippen LogP contribution in [0.25, 0.3) is 0 Å². The molecule has 0 amide bonds. The summed E-state index contributed by atoms with van der Waals surface area (Å²) in [5, 5.41) is 3.82. The zero-order valence-electron chi connectivity index (χ0n) is 10.9. The van der Waals surface area contributed by atoms with Crippen molar-refractivity contribution >= 4 is 34.6 Å². The summed E-state index contributed by atoms with van der Waals surface area (Å²) in [4.78, 5) is 4.58. The van der Waals surface area contributed by atoms with E-state index < -0.39 is 0 Å². The number of rotatable bonds is 5. The number of halogens is 1. The Hall–Kier alpha value is -1.85. The van der Waals surface area contributed by atoms with Crippen LogP contribution in [0, 0.1) is 0 Å². The molecule has 0 aliphatic rings. The van der Waals surface area contributed by atoms with Gasteiger partial charge < -0.3 is 15.8 Å². The fourth-order valence-corrected chi connectivity index (χ4v) is 2.10. The summed E-state index contributed by atoms with van der Waals surface area (Å²) >= 11 is 11.1. The molecule has 0 saturated heterocycles. The van der Waals surface area contributed by atoms with Crippen LogP contribution >= 0.6 is 23.8 Å². The number of thiocarbonyl (C=S) groups is 1. The van der Waals surface area contributed by atoms with E-state index in [9.17, 15) is 0 Å². The van der Waals surface area contributed by atoms with Crippen LogP contribution in [0.2, 0.25) is 5.02 Å². The number of nitrogens with zero attached hydrogens (tertiary/aromatic N) is 1. The van der Waals surface area contributed by atoms with Crippen molar-refractivity contribution in [3.8, 4) is 5.75 Å². The van der Waals surface area contributed by atoms with Gasteiger partial charge in [-0.05, 0) is 24.3 Å². The largest absolute Gasteiger partial charge is 0.496 e. The first kappa shape index (κ1) is 14.6. The lowest BCUT2D eigenvalue weighted by atomic mass is 10.2. The lowest BCUT2D eigenvalue weighted by Gasteiger charge is -2.12. The molecule has 3 N–H and O–H groups in total. The summed E-state index contributed by atoms with van der Waals surface area (Å²) in [5.74, 6) is 1.41. The second kappa shape index (κ2) is 6.54. The SMILES string of the molecule is COc1cccc(Cl)c1CNc1cccc(C(N)=S)n1. The Morgan fingerprint density at radius 3 is 2.80 bits per heavy atom. The number of benzene rings is 1. The lowest BCUT2D eigenvalue weighted by Crippen LogP contribution is -2.13. The number of hydrogen-bond donors (Lipinski definition) is 2. The van der Waals surface area contributed by atoms with E-state index in [1.165, 1.54) is 0 Å². The predicted molar refractivity (Wildman–Crippen MR) is 85.5 cm³/mol.